The molecule has 0 bridgehead atoms. The van der Waals surface area contributed by atoms with Gasteiger partial charge in [0.2, 0.25) is 5.91 Å². The fourth-order valence-corrected chi connectivity index (χ4v) is 5.75. The average Bonchev–Trinajstić information content (AvgIpc) is 3.42. The molecule has 0 aliphatic carbocycles. The van der Waals surface area contributed by atoms with Gasteiger partial charge in [-0.15, -0.1) is 11.8 Å². The number of pyridine rings is 2. The summed E-state index contributed by atoms with van der Waals surface area (Å²) < 4.78 is 21.5. The van der Waals surface area contributed by atoms with E-state index in [9.17, 15) is 18.8 Å². The summed E-state index contributed by atoms with van der Waals surface area (Å²) in [6.45, 7) is 1.46. The van der Waals surface area contributed by atoms with Crippen molar-refractivity contribution in [1.29, 1.82) is 0 Å². The zero-order chi connectivity index (χ0) is 24.1. The van der Waals surface area contributed by atoms with Crippen LogP contribution in [0.15, 0.2) is 46.2 Å². The van der Waals surface area contributed by atoms with Crippen molar-refractivity contribution in [2.24, 2.45) is 0 Å². The van der Waals surface area contributed by atoms with Crippen LogP contribution in [-0.4, -0.2) is 53.0 Å². The zero-order valence-electron chi connectivity index (χ0n) is 18.6. The maximum atomic E-state index is 14.3. The summed E-state index contributed by atoms with van der Waals surface area (Å²) in [4.78, 5) is 43.3. The van der Waals surface area contributed by atoms with E-state index in [4.69, 9.17) is 4.74 Å². The van der Waals surface area contributed by atoms with E-state index in [2.05, 4.69) is 15.6 Å². The van der Waals surface area contributed by atoms with Crippen molar-refractivity contribution in [2.45, 2.75) is 29.9 Å². The first-order valence-corrected chi connectivity index (χ1v) is 12.4. The number of ether oxygens (including phenoxy) is 1. The fraction of sp³-hybridized carbons (Fsp3) is 0.333. The maximum Gasteiger partial charge on any atom is 0.414 e. The Morgan fingerprint density at radius 1 is 1.23 bits per heavy atom. The molecule has 2 N–H and O–H groups in total. The number of aromatic nitrogens is 2. The molecule has 0 saturated carbocycles. The normalized spacial score (nSPS) is 20.8. The predicted molar refractivity (Wildman–Crippen MR) is 130 cm³/mol. The van der Waals surface area contributed by atoms with E-state index in [1.807, 2.05) is 12.1 Å². The van der Waals surface area contributed by atoms with Crippen LogP contribution in [0.5, 0.6) is 0 Å². The topological polar surface area (TPSA) is 106 Å². The first kappa shape index (κ1) is 22.1. The number of hydrogen-bond acceptors (Lipinski definition) is 7. The Kier molecular flexibility index (Phi) is 5.45. The van der Waals surface area contributed by atoms with Crippen molar-refractivity contribution in [3.8, 4) is 0 Å². The zero-order valence-corrected chi connectivity index (χ0v) is 19.4. The van der Waals surface area contributed by atoms with E-state index in [1.165, 1.54) is 24.0 Å². The number of nitrogens with zero attached hydrogens (tertiary/aromatic N) is 3. The highest BCUT2D eigenvalue weighted by molar-refractivity contribution is 8.00. The molecule has 3 aromatic rings. The lowest BCUT2D eigenvalue weighted by atomic mass is 10.1. The standard InChI is InChI=1S/C24H22FN5O4S/c25-17-10-27-18-2-4-22(32)30-14(7-16(17)23(18)30)9-26-6-5-15-11-29(24(33)34-15)13-1-3-20-19(8-13)28-21(31)12-35-20/h1-4,8,10,14-15,26H,5-7,9,11-12H2,(H,28,31)/t14-,15-/m1/s1. The molecule has 1 aromatic carbocycles. The van der Waals surface area contributed by atoms with Gasteiger partial charge >= 0.3 is 6.09 Å². The molecular formula is C24H22FN5O4S. The molecule has 0 spiro atoms. The third kappa shape index (κ3) is 3.94. The molecule has 2 aromatic heterocycles. The number of cyclic esters (lactones) is 1. The van der Waals surface area contributed by atoms with Crippen molar-refractivity contribution in [3.05, 3.63) is 58.3 Å². The van der Waals surface area contributed by atoms with Gasteiger partial charge in [0, 0.05) is 28.8 Å². The molecule has 1 fully saturated rings. The van der Waals surface area contributed by atoms with E-state index in [-0.39, 0.29) is 23.6 Å². The van der Waals surface area contributed by atoms with Crippen molar-refractivity contribution < 1.29 is 18.7 Å². The monoisotopic (exact) mass is 495 g/mol. The molecule has 35 heavy (non-hydrogen) atoms. The molecule has 3 aliphatic rings. The Bertz CT molecular complexity index is 1430. The Morgan fingerprint density at radius 3 is 3.00 bits per heavy atom. The van der Waals surface area contributed by atoms with Gasteiger partial charge in [-0.05, 0) is 43.7 Å². The van der Waals surface area contributed by atoms with Crippen LogP contribution < -0.4 is 21.1 Å². The fourth-order valence-electron chi connectivity index (χ4n) is 4.96. The Hall–Kier alpha value is -3.44. The minimum atomic E-state index is -0.419. The van der Waals surface area contributed by atoms with Crippen LogP contribution >= 0.6 is 11.8 Å². The number of nitrogens with one attached hydrogen (secondary N) is 2. The lowest BCUT2D eigenvalue weighted by molar-refractivity contribution is -0.113. The van der Waals surface area contributed by atoms with Crippen LogP contribution in [0, 0.1) is 5.82 Å². The molecule has 3 aliphatic heterocycles. The lowest BCUT2D eigenvalue weighted by Gasteiger charge is -2.20. The number of amides is 2. The molecule has 0 unspecified atom stereocenters. The SMILES string of the molecule is O=C1CSc2ccc(N3C[C@@H](CCNC[C@H]4Cc5c(F)cnc6ccc(=O)n4c56)OC3=O)cc2N1. The largest absolute Gasteiger partial charge is 0.444 e. The molecular weight excluding hydrogens is 473 g/mol. The number of benzene rings is 1. The molecule has 5 heterocycles. The number of fused-ring (bicyclic) bond motifs is 1. The van der Waals surface area contributed by atoms with E-state index in [0.29, 0.717) is 66.2 Å². The summed E-state index contributed by atoms with van der Waals surface area (Å²) in [7, 11) is 0. The quantitative estimate of drug-likeness (QED) is 0.507. The van der Waals surface area contributed by atoms with Gasteiger partial charge < -0.3 is 19.9 Å². The minimum absolute atomic E-state index is 0.0598. The molecule has 6 rings (SSSR count). The Morgan fingerprint density at radius 2 is 2.11 bits per heavy atom. The van der Waals surface area contributed by atoms with Gasteiger partial charge in [-0.1, -0.05) is 0 Å². The minimum Gasteiger partial charge on any atom is -0.444 e. The number of halogens is 1. The van der Waals surface area contributed by atoms with Gasteiger partial charge in [-0.2, -0.15) is 0 Å². The van der Waals surface area contributed by atoms with Crippen LogP contribution in [0.25, 0.3) is 11.0 Å². The number of anilines is 2. The molecule has 1 saturated heterocycles. The van der Waals surface area contributed by atoms with Crippen LogP contribution in [-0.2, 0) is 16.0 Å². The Balaban J connectivity index is 1.06. The second-order valence-electron chi connectivity index (χ2n) is 8.84. The summed E-state index contributed by atoms with van der Waals surface area (Å²) in [5.74, 6) is -0.0662. The van der Waals surface area contributed by atoms with Crippen LogP contribution in [0.1, 0.15) is 18.0 Å². The van der Waals surface area contributed by atoms with Crippen molar-refractivity contribution in [1.82, 2.24) is 14.9 Å². The van der Waals surface area contributed by atoms with Gasteiger partial charge in [0.25, 0.3) is 5.56 Å². The summed E-state index contributed by atoms with van der Waals surface area (Å²) >= 11 is 1.47. The first-order chi connectivity index (χ1) is 17.0. The summed E-state index contributed by atoms with van der Waals surface area (Å²) in [6.07, 6.45) is 1.52. The average molecular weight is 496 g/mol. The van der Waals surface area contributed by atoms with Crippen LogP contribution in [0.4, 0.5) is 20.6 Å². The van der Waals surface area contributed by atoms with Crippen LogP contribution in [0.3, 0.4) is 0 Å². The summed E-state index contributed by atoms with van der Waals surface area (Å²) in [5, 5.41) is 6.17. The molecule has 0 radical (unpaired) electrons. The van der Waals surface area contributed by atoms with E-state index in [0.717, 1.165) is 4.90 Å². The van der Waals surface area contributed by atoms with Gasteiger partial charge in [0.15, 0.2) is 0 Å². The molecule has 2 amide bonds. The number of carbonyl (C=O) groups is 2. The molecule has 2 atom stereocenters. The highest BCUT2D eigenvalue weighted by Crippen LogP contribution is 2.36. The number of rotatable bonds is 6. The highest BCUT2D eigenvalue weighted by Gasteiger charge is 2.33. The molecule has 11 heteroatoms. The van der Waals surface area contributed by atoms with Crippen molar-refractivity contribution >= 4 is 46.2 Å². The number of thioether (sulfide) groups is 1. The first-order valence-electron chi connectivity index (χ1n) is 11.4. The van der Waals surface area contributed by atoms with Crippen molar-refractivity contribution in [2.75, 3.05) is 35.6 Å². The maximum absolute atomic E-state index is 14.3. The second kappa shape index (κ2) is 8.65. The molecule has 180 valence electrons. The number of hydrogen-bond donors (Lipinski definition) is 2. The van der Waals surface area contributed by atoms with Crippen LogP contribution in [0.2, 0.25) is 0 Å². The summed E-state index contributed by atoms with van der Waals surface area (Å²) in [5.41, 5.74) is 2.93. The van der Waals surface area contributed by atoms with Gasteiger partial charge in [-0.25, -0.2) is 9.18 Å². The van der Waals surface area contributed by atoms with Gasteiger partial charge in [0.05, 0.1) is 41.3 Å². The highest BCUT2D eigenvalue weighted by atomic mass is 32.2. The van der Waals surface area contributed by atoms with Gasteiger partial charge in [-0.3, -0.25) is 19.5 Å². The molecule has 9 nitrogen and oxygen atoms in total. The third-order valence-electron chi connectivity index (χ3n) is 6.61. The van der Waals surface area contributed by atoms with Gasteiger partial charge in [0.1, 0.15) is 11.9 Å². The second-order valence-corrected chi connectivity index (χ2v) is 9.86. The smallest absolute Gasteiger partial charge is 0.414 e. The summed E-state index contributed by atoms with van der Waals surface area (Å²) in [6, 6.07) is 8.44. The lowest BCUT2D eigenvalue weighted by Crippen LogP contribution is -2.32. The number of carbonyl (C=O) groups excluding carboxylic acids is 2. The predicted octanol–water partition coefficient (Wildman–Crippen LogP) is 2.68. The van der Waals surface area contributed by atoms with E-state index < -0.39 is 11.9 Å². The van der Waals surface area contributed by atoms with E-state index >= 15 is 0 Å². The third-order valence-corrected chi connectivity index (χ3v) is 7.68. The van der Waals surface area contributed by atoms with Crippen molar-refractivity contribution in [3.63, 3.8) is 0 Å². The Labute approximate surface area is 203 Å². The van der Waals surface area contributed by atoms with E-state index in [1.54, 1.807) is 21.6 Å².